The molecule has 1 aromatic carbocycles. The highest BCUT2D eigenvalue weighted by Gasteiger charge is 2.04. The highest BCUT2D eigenvalue weighted by atomic mass is 16.5. The van der Waals surface area contributed by atoms with E-state index in [-0.39, 0.29) is 0 Å². The SMILES string of the molecule is COc1ccc(NCc2cc(N)ccc2OC)nc1. The van der Waals surface area contributed by atoms with E-state index in [1.807, 2.05) is 30.3 Å². The molecule has 0 spiro atoms. The summed E-state index contributed by atoms with van der Waals surface area (Å²) in [5.74, 6) is 2.30. The molecule has 5 heteroatoms. The van der Waals surface area contributed by atoms with Gasteiger partial charge in [0.05, 0.1) is 20.4 Å². The maximum atomic E-state index is 5.77. The van der Waals surface area contributed by atoms with E-state index in [2.05, 4.69) is 10.3 Å². The summed E-state index contributed by atoms with van der Waals surface area (Å²) in [6.07, 6.45) is 1.67. The number of rotatable bonds is 5. The molecule has 3 N–H and O–H groups in total. The summed E-state index contributed by atoms with van der Waals surface area (Å²) in [5, 5.41) is 3.21. The first-order valence-electron chi connectivity index (χ1n) is 5.89. The quantitative estimate of drug-likeness (QED) is 0.806. The topological polar surface area (TPSA) is 69.4 Å². The summed E-state index contributed by atoms with van der Waals surface area (Å²) in [6, 6.07) is 9.26. The Morgan fingerprint density at radius 2 is 2.00 bits per heavy atom. The Balaban J connectivity index is 2.07. The van der Waals surface area contributed by atoms with Crippen LogP contribution in [0.4, 0.5) is 11.5 Å². The molecule has 0 saturated carbocycles. The van der Waals surface area contributed by atoms with E-state index in [0.717, 1.165) is 22.9 Å². The molecule has 19 heavy (non-hydrogen) atoms. The number of aromatic nitrogens is 1. The normalized spacial score (nSPS) is 10.0. The zero-order chi connectivity index (χ0) is 13.7. The molecular formula is C14H17N3O2. The molecule has 5 nitrogen and oxygen atoms in total. The van der Waals surface area contributed by atoms with Gasteiger partial charge in [0, 0.05) is 17.8 Å². The van der Waals surface area contributed by atoms with Gasteiger partial charge in [0.25, 0.3) is 0 Å². The number of benzene rings is 1. The lowest BCUT2D eigenvalue weighted by Gasteiger charge is -2.11. The van der Waals surface area contributed by atoms with Crippen LogP contribution in [0, 0.1) is 0 Å². The number of hydrogen-bond acceptors (Lipinski definition) is 5. The summed E-state index contributed by atoms with van der Waals surface area (Å²) < 4.78 is 10.3. The van der Waals surface area contributed by atoms with Crippen LogP contribution in [0.25, 0.3) is 0 Å². The summed E-state index contributed by atoms with van der Waals surface area (Å²) in [4.78, 5) is 4.23. The van der Waals surface area contributed by atoms with Gasteiger partial charge in [-0.25, -0.2) is 4.98 Å². The smallest absolute Gasteiger partial charge is 0.137 e. The van der Waals surface area contributed by atoms with Crippen molar-refractivity contribution in [1.29, 1.82) is 0 Å². The Morgan fingerprint density at radius 1 is 1.16 bits per heavy atom. The minimum Gasteiger partial charge on any atom is -0.496 e. The Bertz CT molecular complexity index is 541. The molecule has 0 amide bonds. The zero-order valence-electron chi connectivity index (χ0n) is 11.0. The number of anilines is 2. The molecule has 2 rings (SSSR count). The van der Waals surface area contributed by atoms with Gasteiger partial charge >= 0.3 is 0 Å². The first-order chi connectivity index (χ1) is 9.22. The Hall–Kier alpha value is -2.43. The van der Waals surface area contributed by atoms with Gasteiger partial charge in [-0.05, 0) is 30.3 Å². The molecule has 0 aliphatic rings. The third-order valence-corrected chi connectivity index (χ3v) is 2.74. The Labute approximate surface area is 112 Å². The highest BCUT2D eigenvalue weighted by molar-refractivity contribution is 5.49. The van der Waals surface area contributed by atoms with Crippen molar-refractivity contribution in [2.75, 3.05) is 25.3 Å². The van der Waals surface area contributed by atoms with Gasteiger partial charge in [0.2, 0.25) is 0 Å². The van der Waals surface area contributed by atoms with Crippen LogP contribution < -0.4 is 20.5 Å². The maximum absolute atomic E-state index is 5.77. The van der Waals surface area contributed by atoms with Crippen LogP contribution in [0.15, 0.2) is 36.5 Å². The van der Waals surface area contributed by atoms with E-state index in [1.54, 1.807) is 20.4 Å². The van der Waals surface area contributed by atoms with Crippen molar-refractivity contribution < 1.29 is 9.47 Å². The third kappa shape index (κ3) is 3.28. The fraction of sp³-hybridized carbons (Fsp3) is 0.214. The fourth-order valence-corrected chi connectivity index (χ4v) is 1.73. The van der Waals surface area contributed by atoms with Gasteiger partial charge in [-0.3, -0.25) is 0 Å². The van der Waals surface area contributed by atoms with E-state index in [0.29, 0.717) is 12.2 Å². The molecule has 0 atom stereocenters. The average Bonchev–Trinajstić information content (AvgIpc) is 2.46. The summed E-state index contributed by atoms with van der Waals surface area (Å²) in [6.45, 7) is 0.591. The Morgan fingerprint density at radius 3 is 2.63 bits per heavy atom. The van der Waals surface area contributed by atoms with Crippen LogP contribution >= 0.6 is 0 Å². The molecule has 0 aliphatic heterocycles. The Kier molecular flexibility index (Phi) is 4.07. The lowest BCUT2D eigenvalue weighted by molar-refractivity contribution is 0.410. The molecule has 0 radical (unpaired) electrons. The van der Waals surface area contributed by atoms with Gasteiger partial charge in [-0.15, -0.1) is 0 Å². The number of nitrogen functional groups attached to an aromatic ring is 1. The molecule has 2 aromatic rings. The highest BCUT2D eigenvalue weighted by Crippen LogP contribution is 2.22. The van der Waals surface area contributed by atoms with Crippen molar-refractivity contribution in [2.24, 2.45) is 0 Å². The summed E-state index contributed by atoms with van der Waals surface area (Å²) in [7, 11) is 3.25. The van der Waals surface area contributed by atoms with Crippen molar-refractivity contribution in [1.82, 2.24) is 4.98 Å². The second-order valence-electron chi connectivity index (χ2n) is 4.01. The molecule has 1 aromatic heterocycles. The molecule has 0 saturated heterocycles. The van der Waals surface area contributed by atoms with E-state index in [9.17, 15) is 0 Å². The van der Waals surface area contributed by atoms with Crippen molar-refractivity contribution in [3.05, 3.63) is 42.1 Å². The number of methoxy groups -OCH3 is 2. The second kappa shape index (κ2) is 5.95. The van der Waals surface area contributed by atoms with Crippen LogP contribution in [0.3, 0.4) is 0 Å². The largest absolute Gasteiger partial charge is 0.496 e. The van der Waals surface area contributed by atoms with E-state index in [1.165, 1.54) is 0 Å². The van der Waals surface area contributed by atoms with Crippen LogP contribution in [0.5, 0.6) is 11.5 Å². The third-order valence-electron chi connectivity index (χ3n) is 2.74. The van der Waals surface area contributed by atoms with E-state index in [4.69, 9.17) is 15.2 Å². The zero-order valence-corrected chi connectivity index (χ0v) is 11.0. The second-order valence-corrected chi connectivity index (χ2v) is 4.01. The van der Waals surface area contributed by atoms with E-state index < -0.39 is 0 Å². The summed E-state index contributed by atoms with van der Waals surface area (Å²) >= 11 is 0. The number of ether oxygens (including phenoxy) is 2. The van der Waals surface area contributed by atoms with Gasteiger partial charge in [-0.1, -0.05) is 0 Å². The number of pyridine rings is 1. The van der Waals surface area contributed by atoms with Crippen LogP contribution in [0.1, 0.15) is 5.56 Å². The lowest BCUT2D eigenvalue weighted by Crippen LogP contribution is -2.04. The lowest BCUT2D eigenvalue weighted by atomic mass is 10.2. The monoisotopic (exact) mass is 259 g/mol. The average molecular weight is 259 g/mol. The standard InChI is InChI=1S/C14H17N3O2/c1-18-12-4-6-14(17-9-12)16-8-10-7-11(15)3-5-13(10)19-2/h3-7,9H,8,15H2,1-2H3,(H,16,17). The van der Waals surface area contributed by atoms with Gasteiger partial charge < -0.3 is 20.5 Å². The predicted octanol–water partition coefficient (Wildman–Crippen LogP) is 2.29. The molecule has 0 bridgehead atoms. The van der Waals surface area contributed by atoms with Crippen LogP contribution in [0.2, 0.25) is 0 Å². The molecule has 0 fully saturated rings. The van der Waals surface area contributed by atoms with Gasteiger partial charge in [0.15, 0.2) is 0 Å². The molecule has 0 unspecified atom stereocenters. The number of nitrogens with zero attached hydrogens (tertiary/aromatic N) is 1. The number of nitrogens with two attached hydrogens (primary N) is 1. The molecular weight excluding hydrogens is 242 g/mol. The predicted molar refractivity (Wildman–Crippen MR) is 75.5 cm³/mol. The molecule has 0 aliphatic carbocycles. The minimum absolute atomic E-state index is 0.591. The fourth-order valence-electron chi connectivity index (χ4n) is 1.73. The van der Waals surface area contributed by atoms with Crippen LogP contribution in [-0.4, -0.2) is 19.2 Å². The first kappa shape index (κ1) is 13.0. The summed E-state index contributed by atoms with van der Waals surface area (Å²) in [5.41, 5.74) is 7.47. The number of hydrogen-bond donors (Lipinski definition) is 2. The van der Waals surface area contributed by atoms with Gasteiger partial charge in [-0.2, -0.15) is 0 Å². The van der Waals surface area contributed by atoms with Crippen molar-refractivity contribution in [3.63, 3.8) is 0 Å². The van der Waals surface area contributed by atoms with Gasteiger partial charge in [0.1, 0.15) is 17.3 Å². The maximum Gasteiger partial charge on any atom is 0.137 e. The van der Waals surface area contributed by atoms with E-state index >= 15 is 0 Å². The number of nitrogens with one attached hydrogen (secondary N) is 1. The van der Waals surface area contributed by atoms with Crippen LogP contribution in [-0.2, 0) is 6.54 Å². The minimum atomic E-state index is 0.591. The van der Waals surface area contributed by atoms with Crippen molar-refractivity contribution in [3.8, 4) is 11.5 Å². The molecule has 1 heterocycles. The van der Waals surface area contributed by atoms with Crippen molar-refractivity contribution in [2.45, 2.75) is 6.54 Å². The molecule has 100 valence electrons. The van der Waals surface area contributed by atoms with Crippen molar-refractivity contribution >= 4 is 11.5 Å². The first-order valence-corrected chi connectivity index (χ1v) is 5.89.